The van der Waals surface area contributed by atoms with Crippen LogP contribution in [-0.2, 0) is 4.74 Å². The van der Waals surface area contributed by atoms with E-state index in [1.807, 2.05) is 0 Å². The van der Waals surface area contributed by atoms with Crippen molar-refractivity contribution in [2.75, 3.05) is 6.61 Å². The molecule has 0 N–H and O–H groups in total. The minimum absolute atomic E-state index is 0.197. The maximum Gasteiger partial charge on any atom is 0.522 e. The maximum absolute atomic E-state index is 12.0. The Morgan fingerprint density at radius 1 is 1.05 bits per heavy atom. The molecule has 0 aromatic heterocycles. The molecule has 0 radical (unpaired) electrons. The molecule has 0 aliphatic heterocycles. The van der Waals surface area contributed by atoms with Gasteiger partial charge in [-0.2, -0.15) is 0 Å². The molecule has 0 amide bonds. The van der Waals surface area contributed by atoms with Crippen LogP contribution < -0.4 is 0 Å². The van der Waals surface area contributed by atoms with Gasteiger partial charge in [-0.25, -0.2) is 0 Å². The Morgan fingerprint density at radius 2 is 1.71 bits per heavy atom. The van der Waals surface area contributed by atoms with Gasteiger partial charge in [-0.15, -0.1) is 24.8 Å². The molecule has 0 aromatic rings. The van der Waals surface area contributed by atoms with Crippen LogP contribution in [0, 0.1) is 23.7 Å². The standard InChI is InChI=1S/C16H26ClF3O/c1-11-2-7-14(15(17)10-11)13-5-3-12(4-6-13)8-9-21-16(18,19)20/h11-15H,2-10H2,1H3. The number of alkyl halides is 4. The molecule has 1 nitrogen and oxygen atoms in total. The fourth-order valence-corrected chi connectivity index (χ4v) is 4.75. The molecule has 2 aliphatic rings. The summed E-state index contributed by atoms with van der Waals surface area (Å²) in [5, 5.41) is 0.295. The minimum atomic E-state index is -4.48. The van der Waals surface area contributed by atoms with Gasteiger partial charge in [-0.3, -0.25) is 4.74 Å². The summed E-state index contributed by atoms with van der Waals surface area (Å²) in [5.41, 5.74) is 0. The van der Waals surface area contributed by atoms with Crippen molar-refractivity contribution in [3.8, 4) is 0 Å². The highest BCUT2D eigenvalue weighted by atomic mass is 35.5. The third-order valence-corrected chi connectivity index (χ3v) is 5.88. The SMILES string of the molecule is CC1CCC(C2CCC(CCOC(F)(F)F)CC2)C(Cl)C1. The highest BCUT2D eigenvalue weighted by Crippen LogP contribution is 2.43. The van der Waals surface area contributed by atoms with Gasteiger partial charge in [-0.05, 0) is 55.8 Å². The van der Waals surface area contributed by atoms with Crippen LogP contribution in [0.1, 0.15) is 58.3 Å². The lowest BCUT2D eigenvalue weighted by atomic mass is 9.69. The van der Waals surface area contributed by atoms with E-state index >= 15 is 0 Å². The van der Waals surface area contributed by atoms with Gasteiger partial charge in [-0.1, -0.05) is 26.2 Å². The molecule has 5 heteroatoms. The normalized spacial score (nSPS) is 38.4. The van der Waals surface area contributed by atoms with Gasteiger partial charge in [0.1, 0.15) is 0 Å². The summed E-state index contributed by atoms with van der Waals surface area (Å²) in [5.74, 6) is 2.43. The molecular weight excluding hydrogens is 301 g/mol. The lowest BCUT2D eigenvalue weighted by Crippen LogP contribution is -2.33. The second kappa shape index (κ2) is 7.54. The molecule has 0 bridgehead atoms. The van der Waals surface area contributed by atoms with Gasteiger partial charge in [0.25, 0.3) is 0 Å². The zero-order valence-electron chi connectivity index (χ0n) is 12.7. The van der Waals surface area contributed by atoms with Crippen LogP contribution in [-0.4, -0.2) is 18.3 Å². The Kier molecular flexibility index (Phi) is 6.25. The number of hydrogen-bond acceptors (Lipinski definition) is 1. The van der Waals surface area contributed by atoms with E-state index in [2.05, 4.69) is 11.7 Å². The fourth-order valence-electron chi connectivity index (χ4n) is 4.11. The first-order valence-electron chi connectivity index (χ1n) is 8.20. The second-order valence-corrected chi connectivity index (χ2v) is 7.52. The Morgan fingerprint density at radius 3 is 2.29 bits per heavy atom. The Balaban J connectivity index is 1.68. The van der Waals surface area contributed by atoms with Crippen molar-refractivity contribution in [3.05, 3.63) is 0 Å². The van der Waals surface area contributed by atoms with E-state index in [0.29, 0.717) is 29.6 Å². The molecule has 2 saturated carbocycles. The monoisotopic (exact) mass is 326 g/mol. The number of rotatable bonds is 4. The van der Waals surface area contributed by atoms with Crippen LogP contribution in [0.15, 0.2) is 0 Å². The smallest absolute Gasteiger partial charge is 0.292 e. The van der Waals surface area contributed by atoms with E-state index in [0.717, 1.165) is 38.0 Å². The predicted molar refractivity (Wildman–Crippen MR) is 78.2 cm³/mol. The summed E-state index contributed by atoms with van der Waals surface area (Å²) in [6.07, 6.45) is 3.96. The van der Waals surface area contributed by atoms with E-state index in [4.69, 9.17) is 11.6 Å². The quantitative estimate of drug-likeness (QED) is 0.596. The average molecular weight is 327 g/mol. The van der Waals surface area contributed by atoms with Gasteiger partial charge >= 0.3 is 6.36 Å². The first kappa shape index (κ1) is 17.4. The predicted octanol–water partition coefficient (Wildman–Crippen LogP) is 5.76. The largest absolute Gasteiger partial charge is 0.522 e. The van der Waals surface area contributed by atoms with Crippen molar-refractivity contribution >= 4 is 11.6 Å². The topological polar surface area (TPSA) is 9.23 Å². The van der Waals surface area contributed by atoms with Crippen molar-refractivity contribution in [2.24, 2.45) is 23.7 Å². The molecule has 2 fully saturated rings. The molecule has 124 valence electrons. The summed E-state index contributed by atoms with van der Waals surface area (Å²) in [6, 6.07) is 0. The van der Waals surface area contributed by atoms with Crippen LogP contribution in [0.25, 0.3) is 0 Å². The third-order valence-electron chi connectivity index (χ3n) is 5.37. The Hall–Kier alpha value is 0.0400. The summed E-state index contributed by atoms with van der Waals surface area (Å²) < 4.78 is 39.7. The van der Waals surface area contributed by atoms with E-state index in [1.54, 1.807) is 0 Å². The molecular formula is C16H26ClF3O. The fraction of sp³-hybridized carbons (Fsp3) is 1.00. The zero-order chi connectivity index (χ0) is 15.5. The second-order valence-electron chi connectivity index (χ2n) is 6.96. The van der Waals surface area contributed by atoms with Gasteiger partial charge < -0.3 is 0 Å². The summed E-state index contributed by atoms with van der Waals surface area (Å²) in [4.78, 5) is 0. The van der Waals surface area contributed by atoms with E-state index < -0.39 is 6.36 Å². The molecule has 2 aliphatic carbocycles. The van der Waals surface area contributed by atoms with E-state index in [1.165, 1.54) is 12.8 Å². The minimum Gasteiger partial charge on any atom is -0.292 e. The van der Waals surface area contributed by atoms with E-state index in [9.17, 15) is 13.2 Å². The highest BCUT2D eigenvalue weighted by molar-refractivity contribution is 6.20. The Labute approximate surface area is 130 Å². The molecule has 0 heterocycles. The lowest BCUT2D eigenvalue weighted by Gasteiger charge is -2.40. The van der Waals surface area contributed by atoms with Crippen LogP contribution >= 0.6 is 11.6 Å². The number of ether oxygens (including phenoxy) is 1. The first-order chi connectivity index (χ1) is 9.85. The zero-order valence-corrected chi connectivity index (χ0v) is 13.4. The summed E-state index contributed by atoms with van der Waals surface area (Å²) >= 11 is 6.54. The third kappa shape index (κ3) is 5.63. The van der Waals surface area contributed by atoms with E-state index in [-0.39, 0.29) is 6.61 Å². The van der Waals surface area contributed by atoms with Crippen molar-refractivity contribution in [1.82, 2.24) is 0 Å². The summed E-state index contributed by atoms with van der Waals surface area (Å²) in [6.45, 7) is 2.07. The van der Waals surface area contributed by atoms with Crippen molar-refractivity contribution < 1.29 is 17.9 Å². The average Bonchev–Trinajstić information content (AvgIpc) is 2.38. The Bertz CT molecular complexity index is 313. The highest BCUT2D eigenvalue weighted by Gasteiger charge is 2.35. The molecule has 0 saturated heterocycles. The number of halogens is 4. The lowest BCUT2D eigenvalue weighted by molar-refractivity contribution is -0.325. The van der Waals surface area contributed by atoms with Crippen molar-refractivity contribution in [2.45, 2.75) is 70.0 Å². The first-order valence-corrected chi connectivity index (χ1v) is 8.63. The van der Waals surface area contributed by atoms with Gasteiger partial charge in [0.15, 0.2) is 0 Å². The van der Waals surface area contributed by atoms with Crippen LogP contribution in [0.2, 0.25) is 0 Å². The molecule has 3 atom stereocenters. The molecule has 2 rings (SSSR count). The van der Waals surface area contributed by atoms with Crippen molar-refractivity contribution in [3.63, 3.8) is 0 Å². The van der Waals surface area contributed by atoms with Crippen LogP contribution in [0.4, 0.5) is 13.2 Å². The molecule has 21 heavy (non-hydrogen) atoms. The van der Waals surface area contributed by atoms with Gasteiger partial charge in [0.05, 0.1) is 6.61 Å². The van der Waals surface area contributed by atoms with Crippen LogP contribution in [0.5, 0.6) is 0 Å². The number of hydrogen-bond donors (Lipinski definition) is 0. The molecule has 0 spiro atoms. The molecule has 0 aromatic carbocycles. The maximum atomic E-state index is 12.0. The molecule has 3 unspecified atom stereocenters. The van der Waals surface area contributed by atoms with Gasteiger partial charge in [0.2, 0.25) is 0 Å². The van der Waals surface area contributed by atoms with Crippen LogP contribution in [0.3, 0.4) is 0 Å². The van der Waals surface area contributed by atoms with Gasteiger partial charge in [0, 0.05) is 5.38 Å². The summed E-state index contributed by atoms with van der Waals surface area (Å²) in [7, 11) is 0. The van der Waals surface area contributed by atoms with Crippen molar-refractivity contribution in [1.29, 1.82) is 0 Å².